The van der Waals surface area contributed by atoms with Crippen LogP contribution in [0.3, 0.4) is 0 Å². The maximum Gasteiger partial charge on any atom is 0.213 e. The number of piperidine rings is 1. The van der Waals surface area contributed by atoms with Gasteiger partial charge in [0.2, 0.25) is 5.88 Å². The largest absolute Gasteiger partial charge is 0.474 e. The van der Waals surface area contributed by atoms with Crippen molar-refractivity contribution in [2.45, 2.75) is 57.6 Å². The minimum absolute atomic E-state index is 0.236. The summed E-state index contributed by atoms with van der Waals surface area (Å²) in [5.74, 6) is 2.75. The van der Waals surface area contributed by atoms with Crippen molar-refractivity contribution in [3.8, 4) is 5.88 Å². The van der Waals surface area contributed by atoms with E-state index < -0.39 is 0 Å². The van der Waals surface area contributed by atoms with Crippen molar-refractivity contribution in [2.75, 3.05) is 29.9 Å². The topological polar surface area (TPSA) is 83.4 Å². The molecule has 2 aromatic heterocycles. The minimum Gasteiger partial charge on any atom is -0.474 e. The van der Waals surface area contributed by atoms with E-state index in [-0.39, 0.29) is 6.61 Å². The zero-order valence-electron chi connectivity index (χ0n) is 17.0. The third-order valence-electron chi connectivity index (χ3n) is 5.87. The predicted molar refractivity (Wildman–Crippen MR) is 113 cm³/mol. The van der Waals surface area contributed by atoms with Crippen LogP contribution in [-0.2, 0) is 6.54 Å². The van der Waals surface area contributed by atoms with Crippen LogP contribution < -0.4 is 15.0 Å². The van der Waals surface area contributed by atoms with Crippen LogP contribution in [-0.4, -0.2) is 45.9 Å². The molecule has 0 radical (unpaired) electrons. The first kappa shape index (κ1) is 19.9. The molecule has 7 heteroatoms. The Bertz CT molecular complexity index is 781. The molecule has 4 rings (SSSR count). The van der Waals surface area contributed by atoms with Gasteiger partial charge in [-0.2, -0.15) is 0 Å². The average molecular weight is 398 g/mol. The summed E-state index contributed by atoms with van der Waals surface area (Å²) in [7, 11) is 0. The van der Waals surface area contributed by atoms with Crippen LogP contribution in [0.4, 0.5) is 11.6 Å². The molecule has 0 spiro atoms. The monoisotopic (exact) mass is 397 g/mol. The molecule has 2 fully saturated rings. The first-order valence-corrected chi connectivity index (χ1v) is 10.8. The zero-order valence-corrected chi connectivity index (χ0v) is 17.0. The fourth-order valence-corrected chi connectivity index (χ4v) is 4.21. The van der Waals surface area contributed by atoms with Crippen LogP contribution >= 0.6 is 0 Å². The number of rotatable bonds is 7. The van der Waals surface area contributed by atoms with Crippen molar-refractivity contribution in [1.29, 1.82) is 0 Å². The Morgan fingerprint density at radius 1 is 1.07 bits per heavy atom. The van der Waals surface area contributed by atoms with Gasteiger partial charge in [0.25, 0.3) is 0 Å². The van der Waals surface area contributed by atoms with Gasteiger partial charge in [-0.1, -0.05) is 6.42 Å². The second-order valence-electron chi connectivity index (χ2n) is 8.13. The molecule has 2 aromatic rings. The number of aliphatic hydroxyl groups is 1. The smallest absolute Gasteiger partial charge is 0.213 e. The summed E-state index contributed by atoms with van der Waals surface area (Å²) in [5, 5.41) is 12.8. The van der Waals surface area contributed by atoms with Gasteiger partial charge < -0.3 is 20.1 Å². The SMILES string of the molecule is OCC1CCCN(c2cc(NCc3ccnc(OC4CCCCC4)c3)ncn2)C1. The quantitative estimate of drug-likeness (QED) is 0.741. The van der Waals surface area contributed by atoms with Crippen LogP contribution in [0.1, 0.15) is 50.5 Å². The number of aromatic nitrogens is 3. The normalized spacial score (nSPS) is 20.4. The van der Waals surface area contributed by atoms with Gasteiger partial charge in [-0.05, 0) is 56.1 Å². The highest BCUT2D eigenvalue weighted by Crippen LogP contribution is 2.24. The molecule has 2 N–H and O–H groups in total. The number of ether oxygens (including phenoxy) is 1. The number of anilines is 2. The fourth-order valence-electron chi connectivity index (χ4n) is 4.21. The van der Waals surface area contributed by atoms with Gasteiger partial charge in [-0.3, -0.25) is 0 Å². The second kappa shape index (κ2) is 9.87. The molecular weight excluding hydrogens is 366 g/mol. The van der Waals surface area contributed by atoms with E-state index in [0.29, 0.717) is 24.4 Å². The summed E-state index contributed by atoms with van der Waals surface area (Å²) >= 11 is 0. The molecule has 7 nitrogen and oxygen atoms in total. The molecule has 0 bridgehead atoms. The van der Waals surface area contributed by atoms with Gasteiger partial charge in [0.15, 0.2) is 0 Å². The predicted octanol–water partition coefficient (Wildman–Crippen LogP) is 3.40. The maximum atomic E-state index is 9.46. The minimum atomic E-state index is 0.236. The summed E-state index contributed by atoms with van der Waals surface area (Å²) in [6, 6.07) is 6.00. The lowest BCUT2D eigenvalue weighted by molar-refractivity contribution is 0.148. The molecule has 0 amide bonds. The van der Waals surface area contributed by atoms with E-state index in [4.69, 9.17) is 4.74 Å². The molecule has 2 aliphatic rings. The lowest BCUT2D eigenvalue weighted by Gasteiger charge is -2.32. The Labute approximate surface area is 172 Å². The molecule has 0 aromatic carbocycles. The van der Waals surface area contributed by atoms with E-state index in [1.807, 2.05) is 24.4 Å². The summed E-state index contributed by atoms with van der Waals surface area (Å²) in [5.41, 5.74) is 1.12. The van der Waals surface area contributed by atoms with Crippen molar-refractivity contribution >= 4 is 11.6 Å². The third-order valence-corrected chi connectivity index (χ3v) is 5.87. The van der Waals surface area contributed by atoms with Gasteiger partial charge in [0.1, 0.15) is 24.1 Å². The summed E-state index contributed by atoms with van der Waals surface area (Å²) in [6.45, 7) is 2.71. The molecule has 156 valence electrons. The van der Waals surface area contributed by atoms with Crippen LogP contribution in [0.5, 0.6) is 5.88 Å². The highest BCUT2D eigenvalue weighted by Gasteiger charge is 2.20. The van der Waals surface area contributed by atoms with Gasteiger partial charge >= 0.3 is 0 Å². The van der Waals surface area contributed by atoms with E-state index in [2.05, 4.69) is 25.2 Å². The summed E-state index contributed by atoms with van der Waals surface area (Å²) < 4.78 is 6.08. The number of nitrogens with zero attached hydrogens (tertiary/aromatic N) is 4. The maximum absolute atomic E-state index is 9.46. The Kier molecular flexibility index (Phi) is 6.77. The van der Waals surface area contributed by atoms with Crippen molar-refractivity contribution in [2.24, 2.45) is 5.92 Å². The van der Waals surface area contributed by atoms with Gasteiger partial charge in [-0.25, -0.2) is 15.0 Å². The number of nitrogens with one attached hydrogen (secondary N) is 1. The Balaban J connectivity index is 1.35. The van der Waals surface area contributed by atoms with Crippen LogP contribution in [0.2, 0.25) is 0 Å². The summed E-state index contributed by atoms with van der Waals surface area (Å²) in [6.07, 6.45) is 11.9. The highest BCUT2D eigenvalue weighted by atomic mass is 16.5. The lowest BCUT2D eigenvalue weighted by atomic mass is 9.98. The van der Waals surface area contributed by atoms with Gasteiger partial charge in [0, 0.05) is 44.6 Å². The van der Waals surface area contributed by atoms with E-state index in [9.17, 15) is 5.11 Å². The van der Waals surface area contributed by atoms with Crippen LogP contribution in [0, 0.1) is 5.92 Å². The molecule has 1 saturated heterocycles. The van der Waals surface area contributed by atoms with E-state index in [0.717, 1.165) is 56.0 Å². The van der Waals surface area contributed by atoms with Crippen molar-refractivity contribution in [1.82, 2.24) is 15.0 Å². The molecule has 1 saturated carbocycles. The number of hydrogen-bond donors (Lipinski definition) is 2. The number of hydrogen-bond acceptors (Lipinski definition) is 7. The van der Waals surface area contributed by atoms with Crippen molar-refractivity contribution in [3.05, 3.63) is 36.3 Å². The fraction of sp³-hybridized carbons (Fsp3) is 0.591. The van der Waals surface area contributed by atoms with Crippen LogP contribution in [0.25, 0.3) is 0 Å². The molecule has 3 heterocycles. The molecule has 1 unspecified atom stereocenters. The third kappa shape index (κ3) is 5.56. The lowest BCUT2D eigenvalue weighted by Crippen LogP contribution is -2.37. The highest BCUT2D eigenvalue weighted by molar-refractivity contribution is 5.49. The molecule has 1 aliphatic heterocycles. The number of aliphatic hydroxyl groups excluding tert-OH is 1. The Hall–Kier alpha value is -2.41. The molecule has 29 heavy (non-hydrogen) atoms. The molecule has 1 aliphatic carbocycles. The Morgan fingerprint density at radius 3 is 2.83 bits per heavy atom. The summed E-state index contributed by atoms with van der Waals surface area (Å²) in [4.78, 5) is 15.4. The van der Waals surface area contributed by atoms with Crippen molar-refractivity contribution < 1.29 is 9.84 Å². The first-order chi connectivity index (χ1) is 14.3. The molecular formula is C22H31N5O2. The first-order valence-electron chi connectivity index (χ1n) is 10.8. The standard InChI is InChI=1S/C22H31N5O2/c28-15-18-5-4-10-27(14-18)21-12-20(25-16-26-21)24-13-17-8-9-23-22(11-17)29-19-6-2-1-3-7-19/h8-9,11-12,16,18-19,28H,1-7,10,13-15H2,(H,24,25,26). The van der Waals surface area contributed by atoms with E-state index >= 15 is 0 Å². The van der Waals surface area contributed by atoms with Crippen molar-refractivity contribution in [3.63, 3.8) is 0 Å². The Morgan fingerprint density at radius 2 is 1.97 bits per heavy atom. The molecule has 1 atom stereocenters. The second-order valence-corrected chi connectivity index (χ2v) is 8.13. The van der Waals surface area contributed by atoms with Gasteiger partial charge in [-0.15, -0.1) is 0 Å². The zero-order chi connectivity index (χ0) is 19.9. The van der Waals surface area contributed by atoms with E-state index in [1.165, 1.54) is 19.3 Å². The van der Waals surface area contributed by atoms with E-state index in [1.54, 1.807) is 6.33 Å². The average Bonchev–Trinajstić information content (AvgIpc) is 2.79. The van der Waals surface area contributed by atoms with Crippen LogP contribution in [0.15, 0.2) is 30.7 Å². The number of pyridine rings is 1. The van der Waals surface area contributed by atoms with Gasteiger partial charge in [0.05, 0.1) is 0 Å².